The summed E-state index contributed by atoms with van der Waals surface area (Å²) in [5.74, 6) is 1.57. The van der Waals surface area contributed by atoms with Crippen molar-refractivity contribution in [3.63, 3.8) is 0 Å². The van der Waals surface area contributed by atoms with Gasteiger partial charge in [-0.05, 0) is 25.2 Å². The third-order valence-corrected chi connectivity index (χ3v) is 3.96. The van der Waals surface area contributed by atoms with Crippen LogP contribution in [0.4, 0.5) is 0 Å². The van der Waals surface area contributed by atoms with Crippen LogP contribution in [0, 0.1) is 11.8 Å². The molecule has 0 N–H and O–H groups in total. The summed E-state index contributed by atoms with van der Waals surface area (Å²) < 4.78 is 5.38. The number of carbonyl (C=O) groups excluding carboxylic acids is 1. The summed E-state index contributed by atoms with van der Waals surface area (Å²) in [4.78, 5) is 14.1. The Labute approximate surface area is 98.1 Å². The molecule has 0 spiro atoms. The van der Waals surface area contributed by atoms with Crippen molar-refractivity contribution in [1.82, 2.24) is 4.90 Å². The number of ether oxygens (including phenoxy) is 1. The first kappa shape index (κ1) is 12.1. The molecule has 3 heteroatoms. The van der Waals surface area contributed by atoms with Crippen molar-refractivity contribution < 1.29 is 9.53 Å². The molecule has 1 atom stereocenters. The monoisotopic (exact) mass is 225 g/mol. The number of Topliss-reactive ketones (excluding diaryl/α,β-unsaturated/α-hetero) is 1. The molecule has 16 heavy (non-hydrogen) atoms. The van der Waals surface area contributed by atoms with Gasteiger partial charge in [-0.25, -0.2) is 0 Å². The fourth-order valence-electron chi connectivity index (χ4n) is 2.79. The van der Waals surface area contributed by atoms with Crippen LogP contribution in [0.15, 0.2) is 0 Å². The Balaban J connectivity index is 1.79. The van der Waals surface area contributed by atoms with Crippen molar-refractivity contribution in [2.24, 2.45) is 11.8 Å². The maximum absolute atomic E-state index is 11.6. The van der Waals surface area contributed by atoms with Gasteiger partial charge in [0.05, 0.1) is 0 Å². The number of rotatable bonds is 3. The molecule has 2 saturated heterocycles. The van der Waals surface area contributed by atoms with Crippen LogP contribution in [-0.2, 0) is 9.53 Å². The van der Waals surface area contributed by atoms with E-state index >= 15 is 0 Å². The standard InChI is InChI=1S/C13H23NO2/c1-2-12-10-14(6-3-13(12)15)9-11-4-7-16-8-5-11/h11-12H,2-10H2,1H3. The van der Waals surface area contributed by atoms with E-state index in [1.54, 1.807) is 0 Å². The number of hydrogen-bond donors (Lipinski definition) is 0. The number of hydrogen-bond acceptors (Lipinski definition) is 3. The third-order valence-electron chi connectivity index (χ3n) is 3.96. The minimum atomic E-state index is 0.300. The summed E-state index contributed by atoms with van der Waals surface area (Å²) in [7, 11) is 0. The normalized spacial score (nSPS) is 29.6. The van der Waals surface area contributed by atoms with Crippen LogP contribution < -0.4 is 0 Å². The lowest BCUT2D eigenvalue weighted by molar-refractivity contribution is -0.126. The first-order valence-corrected chi connectivity index (χ1v) is 6.62. The zero-order valence-corrected chi connectivity index (χ0v) is 10.3. The van der Waals surface area contributed by atoms with Gasteiger partial charge in [-0.15, -0.1) is 0 Å². The lowest BCUT2D eigenvalue weighted by atomic mass is 9.92. The maximum atomic E-state index is 11.6. The van der Waals surface area contributed by atoms with E-state index in [9.17, 15) is 4.79 Å². The lowest BCUT2D eigenvalue weighted by Crippen LogP contribution is -2.43. The average Bonchev–Trinajstić information content (AvgIpc) is 2.33. The van der Waals surface area contributed by atoms with Gasteiger partial charge in [0.2, 0.25) is 0 Å². The van der Waals surface area contributed by atoms with Crippen LogP contribution >= 0.6 is 0 Å². The predicted molar refractivity (Wildman–Crippen MR) is 63.4 cm³/mol. The Hall–Kier alpha value is -0.410. The second-order valence-corrected chi connectivity index (χ2v) is 5.14. The van der Waals surface area contributed by atoms with Gasteiger partial charge in [-0.2, -0.15) is 0 Å². The summed E-state index contributed by atoms with van der Waals surface area (Å²) in [5, 5.41) is 0. The van der Waals surface area contributed by atoms with E-state index in [0.717, 1.165) is 45.1 Å². The highest BCUT2D eigenvalue weighted by Gasteiger charge is 2.27. The fraction of sp³-hybridized carbons (Fsp3) is 0.923. The Morgan fingerprint density at radius 3 is 2.81 bits per heavy atom. The van der Waals surface area contributed by atoms with Crippen LogP contribution in [-0.4, -0.2) is 43.5 Å². The quantitative estimate of drug-likeness (QED) is 0.732. The maximum Gasteiger partial charge on any atom is 0.138 e. The first-order valence-electron chi connectivity index (χ1n) is 6.62. The Bertz CT molecular complexity index is 236. The van der Waals surface area contributed by atoms with E-state index in [2.05, 4.69) is 11.8 Å². The molecule has 2 rings (SSSR count). The van der Waals surface area contributed by atoms with Gasteiger partial charge in [0.25, 0.3) is 0 Å². The lowest BCUT2D eigenvalue weighted by Gasteiger charge is -2.35. The fourth-order valence-corrected chi connectivity index (χ4v) is 2.79. The first-order chi connectivity index (χ1) is 7.79. The second kappa shape index (κ2) is 5.78. The molecule has 0 aromatic carbocycles. The molecule has 1 unspecified atom stereocenters. The highest BCUT2D eigenvalue weighted by molar-refractivity contribution is 5.82. The smallest absolute Gasteiger partial charge is 0.138 e. The molecule has 0 saturated carbocycles. The van der Waals surface area contributed by atoms with Crippen LogP contribution in [0.1, 0.15) is 32.6 Å². The summed E-state index contributed by atoms with van der Waals surface area (Å²) in [6.45, 7) is 7.12. The molecule has 0 aromatic heterocycles. The molecule has 92 valence electrons. The zero-order valence-electron chi connectivity index (χ0n) is 10.3. The Kier molecular flexibility index (Phi) is 4.36. The van der Waals surface area contributed by atoms with Crippen molar-refractivity contribution >= 4 is 5.78 Å². The van der Waals surface area contributed by atoms with Crippen molar-refractivity contribution in [3.05, 3.63) is 0 Å². The van der Waals surface area contributed by atoms with E-state index in [1.165, 1.54) is 19.4 Å². The minimum Gasteiger partial charge on any atom is -0.381 e. The number of piperidine rings is 1. The molecule has 2 fully saturated rings. The second-order valence-electron chi connectivity index (χ2n) is 5.14. The Morgan fingerprint density at radius 1 is 1.38 bits per heavy atom. The minimum absolute atomic E-state index is 0.300. The molecule has 0 amide bonds. The van der Waals surface area contributed by atoms with E-state index in [1.807, 2.05) is 0 Å². The molecule has 0 radical (unpaired) electrons. The van der Waals surface area contributed by atoms with Gasteiger partial charge >= 0.3 is 0 Å². The molecule has 2 aliphatic heterocycles. The van der Waals surface area contributed by atoms with Crippen molar-refractivity contribution in [2.45, 2.75) is 32.6 Å². The molecule has 2 aliphatic rings. The zero-order chi connectivity index (χ0) is 11.4. The van der Waals surface area contributed by atoms with Gasteiger partial charge in [0.15, 0.2) is 0 Å². The van der Waals surface area contributed by atoms with Gasteiger partial charge < -0.3 is 9.64 Å². The van der Waals surface area contributed by atoms with Crippen LogP contribution in [0.2, 0.25) is 0 Å². The molecular formula is C13H23NO2. The highest BCUT2D eigenvalue weighted by atomic mass is 16.5. The molecule has 3 nitrogen and oxygen atoms in total. The number of carbonyl (C=O) groups is 1. The number of nitrogens with zero attached hydrogens (tertiary/aromatic N) is 1. The third kappa shape index (κ3) is 3.05. The summed E-state index contributed by atoms with van der Waals surface area (Å²) in [6, 6.07) is 0. The number of ketones is 1. The van der Waals surface area contributed by atoms with Crippen molar-refractivity contribution in [2.75, 3.05) is 32.8 Å². The van der Waals surface area contributed by atoms with Gasteiger partial charge in [-0.1, -0.05) is 6.92 Å². The summed E-state index contributed by atoms with van der Waals surface area (Å²) in [5.41, 5.74) is 0. The largest absolute Gasteiger partial charge is 0.381 e. The van der Waals surface area contributed by atoms with Crippen LogP contribution in [0.3, 0.4) is 0 Å². The molecule has 0 aliphatic carbocycles. The van der Waals surface area contributed by atoms with Gasteiger partial charge in [0.1, 0.15) is 5.78 Å². The molecule has 0 bridgehead atoms. The SMILES string of the molecule is CCC1CN(CC2CCOCC2)CCC1=O. The average molecular weight is 225 g/mol. The van der Waals surface area contributed by atoms with Crippen molar-refractivity contribution in [1.29, 1.82) is 0 Å². The number of likely N-dealkylation sites (tertiary alicyclic amines) is 1. The van der Waals surface area contributed by atoms with E-state index in [0.29, 0.717) is 11.7 Å². The Morgan fingerprint density at radius 2 is 2.12 bits per heavy atom. The molecule has 2 heterocycles. The van der Waals surface area contributed by atoms with E-state index < -0.39 is 0 Å². The van der Waals surface area contributed by atoms with Crippen LogP contribution in [0.5, 0.6) is 0 Å². The summed E-state index contributed by atoms with van der Waals surface area (Å²) in [6.07, 6.45) is 4.16. The summed E-state index contributed by atoms with van der Waals surface area (Å²) >= 11 is 0. The topological polar surface area (TPSA) is 29.5 Å². The molecule has 0 aromatic rings. The molecular weight excluding hydrogens is 202 g/mol. The van der Waals surface area contributed by atoms with Gasteiger partial charge in [-0.3, -0.25) is 4.79 Å². The van der Waals surface area contributed by atoms with Crippen molar-refractivity contribution in [3.8, 4) is 0 Å². The van der Waals surface area contributed by atoms with Gasteiger partial charge in [0, 0.05) is 45.2 Å². The predicted octanol–water partition coefficient (Wildman–Crippen LogP) is 1.71. The van der Waals surface area contributed by atoms with E-state index in [4.69, 9.17) is 4.74 Å². The highest BCUT2D eigenvalue weighted by Crippen LogP contribution is 2.21. The van der Waals surface area contributed by atoms with Crippen LogP contribution in [0.25, 0.3) is 0 Å². The van der Waals surface area contributed by atoms with E-state index in [-0.39, 0.29) is 0 Å².